The number of esters is 1. The monoisotopic (exact) mass is 188 g/mol. The van der Waals surface area contributed by atoms with Crippen molar-refractivity contribution in [2.45, 2.75) is 18.9 Å². The number of ether oxygens (including phenoxy) is 1. The van der Waals surface area contributed by atoms with E-state index in [1.165, 1.54) is 0 Å². The van der Waals surface area contributed by atoms with Gasteiger partial charge in [-0.2, -0.15) is 0 Å². The number of aliphatic hydroxyl groups excluding tert-OH is 1. The molecule has 6 nitrogen and oxygen atoms in total. The standard InChI is InChI=1S/C7H12N2O4/c10-2-1-6(11)9-8-4-5-3-7(12)13-5/h5,8,10H,1-4H2,(H,9,11). The number of hydrogen-bond donors (Lipinski definition) is 3. The topological polar surface area (TPSA) is 87.7 Å². The second-order valence-electron chi connectivity index (χ2n) is 2.72. The number of carbonyl (C=O) groups excluding carboxylic acids is 2. The SMILES string of the molecule is O=C(CCO)NNCC1CC(=O)O1. The molecule has 0 aromatic heterocycles. The lowest BCUT2D eigenvalue weighted by atomic mass is 10.2. The highest BCUT2D eigenvalue weighted by molar-refractivity contribution is 5.76. The van der Waals surface area contributed by atoms with E-state index in [4.69, 9.17) is 5.11 Å². The molecule has 1 saturated heterocycles. The molecule has 74 valence electrons. The van der Waals surface area contributed by atoms with E-state index in [2.05, 4.69) is 15.6 Å². The van der Waals surface area contributed by atoms with E-state index in [-0.39, 0.29) is 31.0 Å². The third-order valence-corrected chi connectivity index (χ3v) is 1.59. The summed E-state index contributed by atoms with van der Waals surface area (Å²) in [4.78, 5) is 21.1. The van der Waals surface area contributed by atoms with Gasteiger partial charge in [0.1, 0.15) is 6.10 Å². The van der Waals surface area contributed by atoms with Crippen LogP contribution in [0, 0.1) is 0 Å². The smallest absolute Gasteiger partial charge is 0.309 e. The third-order valence-electron chi connectivity index (χ3n) is 1.59. The van der Waals surface area contributed by atoms with Crippen molar-refractivity contribution in [3.05, 3.63) is 0 Å². The predicted molar refractivity (Wildman–Crippen MR) is 42.3 cm³/mol. The van der Waals surface area contributed by atoms with Gasteiger partial charge in [0.25, 0.3) is 0 Å². The van der Waals surface area contributed by atoms with E-state index in [1.54, 1.807) is 0 Å². The second kappa shape index (κ2) is 4.78. The van der Waals surface area contributed by atoms with E-state index in [1.807, 2.05) is 0 Å². The van der Waals surface area contributed by atoms with Crippen molar-refractivity contribution in [3.63, 3.8) is 0 Å². The Balaban J connectivity index is 1.95. The lowest BCUT2D eigenvalue weighted by Gasteiger charge is -2.25. The van der Waals surface area contributed by atoms with Crippen LogP contribution < -0.4 is 10.9 Å². The van der Waals surface area contributed by atoms with Crippen molar-refractivity contribution in [2.24, 2.45) is 0 Å². The summed E-state index contributed by atoms with van der Waals surface area (Å²) in [6.07, 6.45) is 0.322. The molecule has 0 spiro atoms. The van der Waals surface area contributed by atoms with Gasteiger partial charge in [-0.3, -0.25) is 15.0 Å². The van der Waals surface area contributed by atoms with Crippen molar-refractivity contribution in [1.29, 1.82) is 0 Å². The minimum atomic E-state index is -0.284. The Hall–Kier alpha value is -1.14. The van der Waals surface area contributed by atoms with Gasteiger partial charge in [0.15, 0.2) is 0 Å². The zero-order chi connectivity index (χ0) is 9.68. The third kappa shape index (κ3) is 3.39. The van der Waals surface area contributed by atoms with Crippen molar-refractivity contribution >= 4 is 11.9 Å². The van der Waals surface area contributed by atoms with E-state index in [0.717, 1.165) is 0 Å². The predicted octanol–water partition coefficient (Wildman–Crippen LogP) is -1.69. The summed E-state index contributed by atoms with van der Waals surface area (Å²) in [5.41, 5.74) is 4.96. The minimum Gasteiger partial charge on any atom is -0.460 e. The van der Waals surface area contributed by atoms with Gasteiger partial charge in [0.05, 0.1) is 26.0 Å². The molecule has 1 unspecified atom stereocenters. The summed E-state index contributed by atoms with van der Waals surface area (Å²) >= 11 is 0. The van der Waals surface area contributed by atoms with Crippen LogP contribution in [0.4, 0.5) is 0 Å². The fraction of sp³-hybridized carbons (Fsp3) is 0.714. The highest BCUT2D eigenvalue weighted by Crippen LogP contribution is 2.10. The summed E-state index contributed by atoms with van der Waals surface area (Å²) in [6, 6.07) is 0. The highest BCUT2D eigenvalue weighted by atomic mass is 16.6. The van der Waals surface area contributed by atoms with Crippen LogP contribution in [0.2, 0.25) is 0 Å². The number of aliphatic hydroxyl groups is 1. The lowest BCUT2D eigenvalue weighted by Crippen LogP contribution is -2.47. The fourth-order valence-electron chi connectivity index (χ4n) is 0.904. The fourth-order valence-corrected chi connectivity index (χ4v) is 0.904. The number of hydrogen-bond acceptors (Lipinski definition) is 5. The van der Waals surface area contributed by atoms with Gasteiger partial charge in [0.2, 0.25) is 5.91 Å². The Bertz CT molecular complexity index is 199. The molecule has 0 aromatic carbocycles. The first-order chi connectivity index (χ1) is 6.22. The van der Waals surface area contributed by atoms with Gasteiger partial charge >= 0.3 is 5.97 Å². The molecule has 6 heteroatoms. The molecule has 0 saturated carbocycles. The van der Waals surface area contributed by atoms with Crippen LogP contribution in [-0.2, 0) is 14.3 Å². The molecule has 3 N–H and O–H groups in total. The molecule has 0 radical (unpaired) electrons. The van der Waals surface area contributed by atoms with Crippen LogP contribution in [0.5, 0.6) is 0 Å². The number of nitrogens with one attached hydrogen (secondary N) is 2. The van der Waals surface area contributed by atoms with Gasteiger partial charge in [-0.15, -0.1) is 0 Å². The summed E-state index contributed by atoms with van der Waals surface area (Å²) in [5, 5.41) is 8.38. The summed E-state index contributed by atoms with van der Waals surface area (Å²) in [5.74, 6) is -0.498. The first-order valence-corrected chi connectivity index (χ1v) is 4.04. The van der Waals surface area contributed by atoms with E-state index in [0.29, 0.717) is 13.0 Å². The quantitative estimate of drug-likeness (QED) is 0.354. The molecule has 1 heterocycles. The lowest BCUT2D eigenvalue weighted by molar-refractivity contribution is -0.168. The molecule has 1 atom stereocenters. The normalized spacial score (nSPS) is 20.4. The minimum absolute atomic E-state index is 0.0669. The van der Waals surface area contributed by atoms with Crippen LogP contribution in [0.1, 0.15) is 12.8 Å². The molecule has 1 aliphatic rings. The average Bonchev–Trinajstić information content (AvgIpc) is 2.01. The average molecular weight is 188 g/mol. The number of amides is 1. The molecular formula is C7H12N2O4. The Morgan fingerprint density at radius 1 is 1.69 bits per heavy atom. The van der Waals surface area contributed by atoms with Crippen LogP contribution in [0.25, 0.3) is 0 Å². The van der Waals surface area contributed by atoms with E-state index >= 15 is 0 Å². The van der Waals surface area contributed by atoms with Gasteiger partial charge < -0.3 is 9.84 Å². The zero-order valence-electron chi connectivity index (χ0n) is 7.08. The first-order valence-electron chi connectivity index (χ1n) is 4.04. The number of rotatable bonds is 5. The van der Waals surface area contributed by atoms with Crippen LogP contribution in [0.15, 0.2) is 0 Å². The molecule has 1 amide bonds. The second-order valence-corrected chi connectivity index (χ2v) is 2.72. The number of cyclic esters (lactones) is 1. The van der Waals surface area contributed by atoms with Crippen LogP contribution >= 0.6 is 0 Å². The molecule has 1 rings (SSSR count). The number of hydrazine groups is 1. The summed E-state index contributed by atoms with van der Waals surface area (Å²) in [6.45, 7) is 0.231. The Kier molecular flexibility index (Phi) is 3.66. The van der Waals surface area contributed by atoms with Gasteiger partial charge in [-0.25, -0.2) is 5.43 Å². The van der Waals surface area contributed by atoms with Crippen molar-refractivity contribution < 1.29 is 19.4 Å². The zero-order valence-corrected chi connectivity index (χ0v) is 7.08. The molecule has 0 bridgehead atoms. The largest absolute Gasteiger partial charge is 0.460 e. The van der Waals surface area contributed by atoms with Crippen molar-refractivity contribution in [3.8, 4) is 0 Å². The Labute approximate surface area is 75.2 Å². The maximum atomic E-state index is 10.8. The van der Waals surface area contributed by atoms with Gasteiger partial charge in [-0.1, -0.05) is 0 Å². The highest BCUT2D eigenvalue weighted by Gasteiger charge is 2.27. The van der Waals surface area contributed by atoms with E-state index in [9.17, 15) is 9.59 Å². The van der Waals surface area contributed by atoms with E-state index < -0.39 is 0 Å². The Morgan fingerprint density at radius 2 is 2.38 bits per heavy atom. The molecular weight excluding hydrogens is 176 g/mol. The molecule has 0 aliphatic carbocycles. The van der Waals surface area contributed by atoms with Crippen LogP contribution in [0.3, 0.4) is 0 Å². The maximum Gasteiger partial charge on any atom is 0.309 e. The van der Waals surface area contributed by atoms with Crippen molar-refractivity contribution in [2.75, 3.05) is 13.2 Å². The maximum absolute atomic E-state index is 10.8. The molecule has 1 aliphatic heterocycles. The summed E-state index contributed by atoms with van der Waals surface area (Å²) in [7, 11) is 0. The number of carbonyl (C=O) groups is 2. The molecule has 0 aromatic rings. The Morgan fingerprint density at radius 3 is 2.92 bits per heavy atom. The van der Waals surface area contributed by atoms with Gasteiger partial charge in [-0.05, 0) is 0 Å². The van der Waals surface area contributed by atoms with Crippen molar-refractivity contribution in [1.82, 2.24) is 10.9 Å². The first kappa shape index (κ1) is 9.94. The molecule has 13 heavy (non-hydrogen) atoms. The van der Waals surface area contributed by atoms with Crippen LogP contribution in [-0.4, -0.2) is 36.2 Å². The van der Waals surface area contributed by atoms with Gasteiger partial charge in [0, 0.05) is 0 Å². The molecule has 1 fully saturated rings. The summed E-state index contributed by atoms with van der Waals surface area (Å²) < 4.78 is 4.68.